The average Bonchev–Trinajstić information content (AvgIpc) is 2.90. The van der Waals surface area contributed by atoms with Crippen LogP contribution in [0.2, 0.25) is 0 Å². The number of aromatic nitrogens is 2. The summed E-state index contributed by atoms with van der Waals surface area (Å²) in [4.78, 5) is 28.1. The number of thiazole rings is 1. The first-order chi connectivity index (χ1) is 9.38. The third-order valence-corrected chi connectivity index (χ3v) is 3.89. The highest BCUT2D eigenvalue weighted by Crippen LogP contribution is 2.16. The molecule has 7 heteroatoms. The maximum Gasteiger partial charge on any atom is 0.326 e. The molecule has 0 radical (unpaired) electrons. The van der Waals surface area contributed by atoms with Crippen LogP contribution < -0.4 is 5.32 Å². The molecule has 6 nitrogen and oxygen atoms in total. The van der Waals surface area contributed by atoms with Gasteiger partial charge in [-0.15, -0.1) is 11.3 Å². The Balaban J connectivity index is 2.15. The van der Waals surface area contributed by atoms with Crippen molar-refractivity contribution in [3.8, 4) is 0 Å². The van der Waals surface area contributed by atoms with Crippen LogP contribution in [0.15, 0.2) is 11.6 Å². The summed E-state index contributed by atoms with van der Waals surface area (Å²) in [5.74, 6) is -1.29. The standard InChI is InChI=1S/C13H17N3O3S/c1-7(2)4-9(12(18)19)14-11(17)10-5-16-8(3)6-20-13(16)15-10/h5-7,9H,4H2,1-3H3,(H,14,17)(H,18,19). The summed E-state index contributed by atoms with van der Waals surface area (Å²) in [5, 5.41) is 13.6. The Morgan fingerprint density at radius 1 is 1.50 bits per heavy atom. The van der Waals surface area contributed by atoms with Crippen LogP contribution in [-0.4, -0.2) is 32.4 Å². The van der Waals surface area contributed by atoms with Gasteiger partial charge in [0.1, 0.15) is 11.7 Å². The van der Waals surface area contributed by atoms with Gasteiger partial charge in [-0.2, -0.15) is 0 Å². The first-order valence-electron chi connectivity index (χ1n) is 6.35. The number of nitrogens with one attached hydrogen (secondary N) is 1. The number of hydrogen-bond acceptors (Lipinski definition) is 4. The fourth-order valence-corrected chi connectivity index (χ4v) is 2.78. The van der Waals surface area contributed by atoms with Crippen LogP contribution in [0.3, 0.4) is 0 Å². The molecule has 0 spiro atoms. The van der Waals surface area contributed by atoms with Crippen molar-refractivity contribution in [2.24, 2.45) is 5.92 Å². The Bertz CT molecular complexity index is 644. The molecule has 1 atom stereocenters. The van der Waals surface area contributed by atoms with Gasteiger partial charge in [-0.25, -0.2) is 9.78 Å². The van der Waals surface area contributed by atoms with E-state index in [9.17, 15) is 9.59 Å². The molecule has 0 aliphatic rings. The lowest BCUT2D eigenvalue weighted by atomic mass is 10.0. The first-order valence-corrected chi connectivity index (χ1v) is 7.23. The minimum absolute atomic E-state index is 0.184. The lowest BCUT2D eigenvalue weighted by Crippen LogP contribution is -2.41. The van der Waals surface area contributed by atoms with Gasteiger partial charge in [-0.05, 0) is 19.3 Å². The highest BCUT2D eigenvalue weighted by Gasteiger charge is 2.23. The molecule has 108 valence electrons. The van der Waals surface area contributed by atoms with Crippen molar-refractivity contribution in [3.05, 3.63) is 23.0 Å². The number of fused-ring (bicyclic) bond motifs is 1. The van der Waals surface area contributed by atoms with Crippen molar-refractivity contribution in [3.63, 3.8) is 0 Å². The number of aliphatic carboxylic acids is 1. The number of rotatable bonds is 5. The third kappa shape index (κ3) is 2.98. The van der Waals surface area contributed by atoms with E-state index in [1.807, 2.05) is 30.6 Å². The van der Waals surface area contributed by atoms with Gasteiger partial charge in [0.05, 0.1) is 0 Å². The first kappa shape index (κ1) is 14.5. The molecule has 2 N–H and O–H groups in total. The minimum Gasteiger partial charge on any atom is -0.480 e. The number of aryl methyl sites for hydroxylation is 1. The van der Waals surface area contributed by atoms with Crippen LogP contribution in [0.25, 0.3) is 4.96 Å². The molecular weight excluding hydrogens is 278 g/mol. The van der Waals surface area contributed by atoms with E-state index >= 15 is 0 Å². The maximum absolute atomic E-state index is 12.1. The number of carbonyl (C=O) groups excluding carboxylic acids is 1. The number of imidazole rings is 1. The molecule has 2 heterocycles. The smallest absolute Gasteiger partial charge is 0.326 e. The maximum atomic E-state index is 12.1. The molecule has 2 aromatic rings. The molecule has 20 heavy (non-hydrogen) atoms. The lowest BCUT2D eigenvalue weighted by molar-refractivity contribution is -0.139. The van der Waals surface area contributed by atoms with E-state index < -0.39 is 17.9 Å². The molecule has 0 bridgehead atoms. The van der Waals surface area contributed by atoms with Gasteiger partial charge in [0.25, 0.3) is 5.91 Å². The van der Waals surface area contributed by atoms with Crippen LogP contribution >= 0.6 is 11.3 Å². The molecule has 1 unspecified atom stereocenters. The number of amides is 1. The fraction of sp³-hybridized carbons (Fsp3) is 0.462. The molecule has 2 rings (SSSR count). The predicted octanol–water partition coefficient (Wildman–Crippen LogP) is 1.93. The molecule has 0 aromatic carbocycles. The summed E-state index contributed by atoms with van der Waals surface area (Å²) in [6, 6.07) is -0.886. The topological polar surface area (TPSA) is 83.7 Å². The van der Waals surface area contributed by atoms with Gasteiger partial charge in [-0.1, -0.05) is 13.8 Å². The van der Waals surface area contributed by atoms with Crippen LogP contribution in [0.4, 0.5) is 0 Å². The second-order valence-electron chi connectivity index (χ2n) is 5.15. The molecule has 0 saturated heterocycles. The van der Waals surface area contributed by atoms with Crippen LogP contribution in [0.5, 0.6) is 0 Å². The molecule has 1 amide bonds. The Morgan fingerprint density at radius 2 is 2.20 bits per heavy atom. The monoisotopic (exact) mass is 295 g/mol. The Hall–Kier alpha value is -1.89. The highest BCUT2D eigenvalue weighted by atomic mass is 32.1. The zero-order valence-corrected chi connectivity index (χ0v) is 12.4. The normalized spacial score (nSPS) is 12.8. The second-order valence-corrected chi connectivity index (χ2v) is 5.99. The van der Waals surface area contributed by atoms with Crippen LogP contribution in [0, 0.1) is 12.8 Å². The van der Waals surface area contributed by atoms with Gasteiger partial charge in [0, 0.05) is 17.3 Å². The van der Waals surface area contributed by atoms with E-state index in [1.165, 1.54) is 11.3 Å². The SMILES string of the molecule is Cc1csc2nc(C(=O)NC(CC(C)C)C(=O)O)cn12. The van der Waals surface area contributed by atoms with Gasteiger partial charge >= 0.3 is 5.97 Å². The quantitative estimate of drug-likeness (QED) is 0.883. The number of nitrogens with zero attached hydrogens (tertiary/aromatic N) is 2. The summed E-state index contributed by atoms with van der Waals surface area (Å²) in [5.41, 5.74) is 1.24. The Labute approximate surface area is 120 Å². The number of carboxylic acids is 1. The van der Waals surface area contributed by atoms with Crippen molar-refractivity contribution in [1.29, 1.82) is 0 Å². The zero-order chi connectivity index (χ0) is 14.9. The lowest BCUT2D eigenvalue weighted by Gasteiger charge is -2.15. The molecule has 0 fully saturated rings. The molecular formula is C13H17N3O3S. The molecule has 0 saturated carbocycles. The molecule has 0 aliphatic carbocycles. The van der Waals surface area contributed by atoms with Crippen molar-refractivity contribution < 1.29 is 14.7 Å². The van der Waals surface area contributed by atoms with E-state index in [-0.39, 0.29) is 11.6 Å². The van der Waals surface area contributed by atoms with E-state index in [1.54, 1.807) is 6.20 Å². The Morgan fingerprint density at radius 3 is 2.75 bits per heavy atom. The summed E-state index contributed by atoms with van der Waals surface area (Å²) in [7, 11) is 0. The summed E-state index contributed by atoms with van der Waals surface area (Å²) < 4.78 is 1.82. The zero-order valence-electron chi connectivity index (χ0n) is 11.6. The van der Waals surface area contributed by atoms with Crippen molar-refractivity contribution in [2.75, 3.05) is 0 Å². The van der Waals surface area contributed by atoms with Crippen molar-refractivity contribution >= 4 is 28.2 Å². The van der Waals surface area contributed by atoms with Gasteiger partial charge in [0.2, 0.25) is 0 Å². The van der Waals surface area contributed by atoms with Gasteiger partial charge in [0.15, 0.2) is 4.96 Å². The summed E-state index contributed by atoms with van der Waals surface area (Å²) in [6.45, 7) is 5.75. The third-order valence-electron chi connectivity index (χ3n) is 2.93. The van der Waals surface area contributed by atoms with E-state index in [0.29, 0.717) is 6.42 Å². The average molecular weight is 295 g/mol. The van der Waals surface area contributed by atoms with Crippen LogP contribution in [0.1, 0.15) is 36.5 Å². The van der Waals surface area contributed by atoms with Crippen molar-refractivity contribution in [1.82, 2.24) is 14.7 Å². The van der Waals surface area contributed by atoms with Crippen molar-refractivity contribution in [2.45, 2.75) is 33.2 Å². The highest BCUT2D eigenvalue weighted by molar-refractivity contribution is 7.15. The summed E-state index contributed by atoms with van der Waals surface area (Å²) >= 11 is 1.44. The van der Waals surface area contributed by atoms with Gasteiger partial charge in [-0.3, -0.25) is 9.20 Å². The van der Waals surface area contributed by atoms with E-state index in [0.717, 1.165) is 10.7 Å². The predicted molar refractivity (Wildman–Crippen MR) is 76.2 cm³/mol. The number of hydrogen-bond donors (Lipinski definition) is 2. The van der Waals surface area contributed by atoms with E-state index in [4.69, 9.17) is 5.11 Å². The van der Waals surface area contributed by atoms with Crippen LogP contribution in [-0.2, 0) is 4.79 Å². The fourth-order valence-electron chi connectivity index (χ4n) is 1.93. The molecule has 0 aliphatic heterocycles. The summed E-state index contributed by atoms with van der Waals surface area (Å²) in [6.07, 6.45) is 2.02. The number of carbonyl (C=O) groups is 2. The minimum atomic E-state index is -1.02. The van der Waals surface area contributed by atoms with E-state index in [2.05, 4.69) is 10.3 Å². The van der Waals surface area contributed by atoms with Gasteiger partial charge < -0.3 is 10.4 Å². The largest absolute Gasteiger partial charge is 0.480 e. The molecule has 2 aromatic heterocycles. The number of carboxylic acid groups (broad SMARTS) is 1. The second kappa shape index (κ2) is 5.62. The Kier molecular flexibility index (Phi) is 4.08.